The molecule has 1 rings (SSSR count). The maximum Gasteiger partial charge on any atom is 0.340 e. The molecule has 0 aliphatic heterocycles. The van der Waals surface area contributed by atoms with Crippen molar-refractivity contribution in [1.82, 2.24) is 0 Å². The summed E-state index contributed by atoms with van der Waals surface area (Å²) in [5, 5.41) is 4.99. The topological polar surface area (TPSA) is 95.7 Å². The number of carbonyl (C=O) groups excluding carboxylic acids is 1. The zero-order valence-corrected chi connectivity index (χ0v) is 11.2. The van der Waals surface area contributed by atoms with Crippen molar-refractivity contribution in [3.63, 3.8) is 0 Å². The molecule has 0 fully saturated rings. The largest absolute Gasteiger partial charge is 0.435 e. The van der Waals surface area contributed by atoms with E-state index in [0.29, 0.717) is 0 Å². The maximum absolute atomic E-state index is 11.4. The molecule has 2 N–H and O–H groups in total. The van der Waals surface area contributed by atoms with Gasteiger partial charge in [0.15, 0.2) is 6.79 Å². The van der Waals surface area contributed by atoms with Gasteiger partial charge in [0.25, 0.3) is 0 Å². The van der Waals surface area contributed by atoms with Crippen molar-refractivity contribution >= 4 is 31.9 Å². The highest BCUT2D eigenvalue weighted by Gasteiger charge is 2.16. The van der Waals surface area contributed by atoms with Crippen LogP contribution in [0.1, 0.15) is 10.4 Å². The maximum atomic E-state index is 11.4. The molecule has 0 spiro atoms. The van der Waals surface area contributed by atoms with Gasteiger partial charge < -0.3 is 9.47 Å². The minimum atomic E-state index is -3.90. The third-order valence-corrected chi connectivity index (χ3v) is 3.69. The molecule has 0 amide bonds. The van der Waals surface area contributed by atoms with Crippen LogP contribution >= 0.6 is 15.9 Å². The lowest BCUT2D eigenvalue weighted by Crippen LogP contribution is -2.14. The fraction of sp³-hybridized carbons (Fsp3) is 0.222. The molecule has 0 heterocycles. The fourth-order valence-electron chi connectivity index (χ4n) is 1.04. The number of hydrogen-bond acceptors (Lipinski definition) is 5. The lowest BCUT2D eigenvalue weighted by molar-refractivity contribution is -0.0125. The highest BCUT2D eigenvalue weighted by atomic mass is 79.9. The molecule has 0 atom stereocenters. The second-order valence-electron chi connectivity index (χ2n) is 3.03. The average molecular weight is 324 g/mol. The van der Waals surface area contributed by atoms with E-state index >= 15 is 0 Å². The van der Waals surface area contributed by atoms with Crippen LogP contribution < -0.4 is 5.14 Å². The van der Waals surface area contributed by atoms with Crippen LogP contribution in [0.15, 0.2) is 27.6 Å². The van der Waals surface area contributed by atoms with E-state index in [9.17, 15) is 13.2 Å². The normalized spacial score (nSPS) is 11.2. The van der Waals surface area contributed by atoms with E-state index in [4.69, 9.17) is 5.14 Å². The molecule has 6 nitrogen and oxygen atoms in total. The molecule has 8 heteroatoms. The van der Waals surface area contributed by atoms with Gasteiger partial charge in [-0.1, -0.05) is 0 Å². The van der Waals surface area contributed by atoms with Crippen LogP contribution in [0.3, 0.4) is 0 Å². The van der Waals surface area contributed by atoms with Gasteiger partial charge in [0, 0.05) is 11.6 Å². The zero-order valence-electron chi connectivity index (χ0n) is 8.84. The Bertz CT molecular complexity index is 528. The average Bonchev–Trinajstić information content (AvgIpc) is 2.25. The van der Waals surface area contributed by atoms with Crippen molar-refractivity contribution in [3.05, 3.63) is 28.2 Å². The van der Waals surface area contributed by atoms with Gasteiger partial charge in [0.1, 0.15) is 0 Å². The Kier molecular flexibility index (Phi) is 4.63. The third kappa shape index (κ3) is 3.77. The number of primary sulfonamides is 1. The Balaban J connectivity index is 3.09. The van der Waals surface area contributed by atoms with Crippen molar-refractivity contribution < 1.29 is 22.7 Å². The Morgan fingerprint density at radius 1 is 1.47 bits per heavy atom. The van der Waals surface area contributed by atoms with Crippen LogP contribution in [0.4, 0.5) is 0 Å². The van der Waals surface area contributed by atoms with Gasteiger partial charge in [0.05, 0.1) is 10.5 Å². The molecule has 1 aromatic carbocycles. The number of ether oxygens (including phenoxy) is 2. The standard InChI is InChI=1S/C9H10BrNO5S/c1-15-5-16-9(12)6-2-3-7(10)8(4-6)17(11,13)14/h2-4H,5H2,1H3,(H2,11,13,14). The molecule has 0 aliphatic rings. The summed E-state index contributed by atoms with van der Waals surface area (Å²) < 4.78 is 31.9. The van der Waals surface area contributed by atoms with E-state index < -0.39 is 16.0 Å². The van der Waals surface area contributed by atoms with Crippen molar-refractivity contribution in [1.29, 1.82) is 0 Å². The zero-order chi connectivity index (χ0) is 13.1. The number of benzene rings is 1. The van der Waals surface area contributed by atoms with E-state index in [2.05, 4.69) is 25.4 Å². The number of rotatable bonds is 4. The van der Waals surface area contributed by atoms with Crippen LogP contribution in [0, 0.1) is 0 Å². The highest BCUT2D eigenvalue weighted by Crippen LogP contribution is 2.22. The Labute approximate surface area is 107 Å². The van der Waals surface area contributed by atoms with Gasteiger partial charge in [-0.3, -0.25) is 0 Å². The summed E-state index contributed by atoms with van der Waals surface area (Å²) in [4.78, 5) is 11.3. The summed E-state index contributed by atoms with van der Waals surface area (Å²) in [6, 6.07) is 3.96. The summed E-state index contributed by atoms with van der Waals surface area (Å²) >= 11 is 3.03. The monoisotopic (exact) mass is 323 g/mol. The first-order valence-corrected chi connectivity index (χ1v) is 6.68. The predicted octanol–water partition coefficient (Wildman–Crippen LogP) is 0.857. The minimum absolute atomic E-state index is 0.0780. The van der Waals surface area contributed by atoms with Gasteiger partial charge in [-0.15, -0.1) is 0 Å². The third-order valence-electron chi connectivity index (χ3n) is 1.78. The summed E-state index contributed by atoms with van der Waals surface area (Å²) in [6.45, 7) is -0.209. The molecule has 0 unspecified atom stereocenters. The smallest absolute Gasteiger partial charge is 0.340 e. The van der Waals surface area contributed by atoms with Crippen LogP contribution in [-0.2, 0) is 19.5 Å². The fourth-order valence-corrected chi connectivity index (χ4v) is 2.60. The number of hydrogen-bond donors (Lipinski definition) is 1. The SMILES string of the molecule is COCOC(=O)c1ccc(Br)c(S(N)(=O)=O)c1. The van der Waals surface area contributed by atoms with Gasteiger partial charge in [0.2, 0.25) is 10.0 Å². The van der Waals surface area contributed by atoms with E-state index in [1.54, 1.807) is 0 Å². The molecular weight excluding hydrogens is 314 g/mol. The van der Waals surface area contributed by atoms with Crippen LogP contribution in [0.25, 0.3) is 0 Å². The van der Waals surface area contributed by atoms with Crippen molar-refractivity contribution in [3.8, 4) is 0 Å². The van der Waals surface area contributed by atoms with Crippen LogP contribution in [0.2, 0.25) is 0 Å². The minimum Gasteiger partial charge on any atom is -0.435 e. The summed E-state index contributed by atoms with van der Waals surface area (Å²) in [5.74, 6) is -0.691. The van der Waals surface area contributed by atoms with Gasteiger partial charge in [-0.2, -0.15) is 0 Å². The van der Waals surface area contributed by atoms with Gasteiger partial charge in [-0.25, -0.2) is 18.4 Å². The molecule has 0 aliphatic carbocycles. The van der Waals surface area contributed by atoms with E-state index in [1.807, 2.05) is 0 Å². The second kappa shape index (κ2) is 5.58. The second-order valence-corrected chi connectivity index (χ2v) is 5.41. The molecule has 0 saturated carbocycles. The number of esters is 1. The van der Waals surface area contributed by atoms with E-state index in [1.165, 1.54) is 19.2 Å². The summed E-state index contributed by atoms with van der Waals surface area (Å²) in [7, 11) is -2.53. The van der Waals surface area contributed by atoms with Gasteiger partial charge >= 0.3 is 5.97 Å². The van der Waals surface area contributed by atoms with E-state index in [0.717, 1.165) is 6.07 Å². The molecule has 0 saturated heterocycles. The molecule has 0 aromatic heterocycles. The number of methoxy groups -OCH3 is 1. The number of carbonyl (C=O) groups is 1. The van der Waals surface area contributed by atoms with Crippen LogP contribution in [-0.4, -0.2) is 28.3 Å². The van der Waals surface area contributed by atoms with Crippen molar-refractivity contribution in [2.75, 3.05) is 13.9 Å². The molecule has 1 aromatic rings. The quantitative estimate of drug-likeness (QED) is 0.654. The lowest BCUT2D eigenvalue weighted by Gasteiger charge is -2.06. The molecule has 0 radical (unpaired) electrons. The Morgan fingerprint density at radius 2 is 2.12 bits per heavy atom. The molecule has 0 bridgehead atoms. The number of halogens is 1. The molecule has 94 valence electrons. The lowest BCUT2D eigenvalue weighted by atomic mass is 10.2. The van der Waals surface area contributed by atoms with Gasteiger partial charge in [-0.05, 0) is 34.1 Å². The number of sulfonamides is 1. The first-order valence-electron chi connectivity index (χ1n) is 4.34. The molecule has 17 heavy (non-hydrogen) atoms. The highest BCUT2D eigenvalue weighted by molar-refractivity contribution is 9.10. The van der Waals surface area contributed by atoms with Crippen molar-refractivity contribution in [2.24, 2.45) is 5.14 Å². The van der Waals surface area contributed by atoms with Crippen LogP contribution in [0.5, 0.6) is 0 Å². The first kappa shape index (κ1) is 14.1. The summed E-state index contributed by atoms with van der Waals surface area (Å²) in [5.41, 5.74) is 0.0780. The van der Waals surface area contributed by atoms with Crippen molar-refractivity contribution in [2.45, 2.75) is 4.90 Å². The first-order chi connectivity index (χ1) is 7.86. The predicted molar refractivity (Wildman–Crippen MR) is 62.8 cm³/mol. The molecular formula is C9H10BrNO5S. The number of nitrogens with two attached hydrogens (primary N) is 1. The Morgan fingerprint density at radius 3 is 2.65 bits per heavy atom. The van der Waals surface area contributed by atoms with E-state index in [-0.39, 0.29) is 21.7 Å². The Hall–Kier alpha value is -0.960. The summed E-state index contributed by atoms with van der Waals surface area (Å²) in [6.07, 6.45) is 0.